The number of hydrogen-bond acceptors (Lipinski definition) is 7. The first-order valence-electron chi connectivity index (χ1n) is 11.0. The maximum Gasteiger partial charge on any atom is 0.170 e. The Hall–Kier alpha value is -2.48. The first-order valence-corrected chi connectivity index (χ1v) is 11.0. The number of hydrogen-bond donors (Lipinski definition) is 0. The normalized spacial score (nSPS) is 16.0. The molecule has 176 valence electrons. The third-order valence-corrected chi connectivity index (χ3v) is 5.81. The Labute approximate surface area is 191 Å². The molecule has 1 heterocycles. The van der Waals surface area contributed by atoms with E-state index in [9.17, 15) is 0 Å². The number of nitrogens with zero attached hydrogens (tertiary/aromatic N) is 1. The van der Waals surface area contributed by atoms with E-state index >= 15 is 0 Å². The number of benzene rings is 2. The average molecular weight is 446 g/mol. The van der Waals surface area contributed by atoms with Gasteiger partial charge in [0, 0.05) is 25.8 Å². The summed E-state index contributed by atoms with van der Waals surface area (Å²) in [6.07, 6.45) is 0.519. The molecule has 0 radical (unpaired) electrons. The standard InChI is InChI=1S/C25H35NO6/c1-7-31-25(32-8-2)16-26-15-19-14-24(30-6)23(29-5)13-18(19)11-20(26)17-9-10-21(27-3)22(12-17)28-4/h9-10,12-14,20,25H,7-8,11,15-16H2,1-6H3. The highest BCUT2D eigenvalue weighted by molar-refractivity contribution is 5.50. The second kappa shape index (κ2) is 11.4. The zero-order chi connectivity index (χ0) is 23.1. The predicted octanol–water partition coefficient (Wildman–Crippen LogP) is 4.22. The molecule has 32 heavy (non-hydrogen) atoms. The lowest BCUT2D eigenvalue weighted by Gasteiger charge is -2.39. The van der Waals surface area contributed by atoms with E-state index in [0.29, 0.717) is 31.3 Å². The SMILES string of the molecule is CCOC(CN1Cc2cc(OC)c(OC)cc2CC1c1ccc(OC)c(OC)c1)OCC. The van der Waals surface area contributed by atoms with E-state index in [-0.39, 0.29) is 12.3 Å². The third kappa shape index (κ3) is 5.28. The summed E-state index contributed by atoms with van der Waals surface area (Å²) in [6, 6.07) is 10.4. The number of methoxy groups -OCH3 is 4. The van der Waals surface area contributed by atoms with Gasteiger partial charge in [-0.3, -0.25) is 4.90 Å². The lowest BCUT2D eigenvalue weighted by molar-refractivity contribution is -0.152. The van der Waals surface area contributed by atoms with Crippen LogP contribution in [0.3, 0.4) is 0 Å². The Balaban J connectivity index is 2.01. The van der Waals surface area contributed by atoms with E-state index in [2.05, 4.69) is 29.2 Å². The number of ether oxygens (including phenoxy) is 6. The second-order valence-electron chi connectivity index (χ2n) is 7.58. The highest BCUT2D eigenvalue weighted by Gasteiger charge is 2.31. The molecule has 0 saturated carbocycles. The molecule has 0 saturated heterocycles. The maximum absolute atomic E-state index is 5.87. The van der Waals surface area contributed by atoms with Gasteiger partial charge in [-0.25, -0.2) is 0 Å². The highest BCUT2D eigenvalue weighted by Crippen LogP contribution is 2.41. The fourth-order valence-corrected chi connectivity index (χ4v) is 4.26. The minimum Gasteiger partial charge on any atom is -0.493 e. The van der Waals surface area contributed by atoms with Crippen molar-refractivity contribution in [2.24, 2.45) is 0 Å². The highest BCUT2D eigenvalue weighted by atomic mass is 16.7. The molecule has 0 fully saturated rings. The second-order valence-corrected chi connectivity index (χ2v) is 7.58. The van der Waals surface area contributed by atoms with Crippen molar-refractivity contribution < 1.29 is 28.4 Å². The molecule has 7 heteroatoms. The van der Waals surface area contributed by atoms with Crippen LogP contribution in [-0.4, -0.2) is 59.4 Å². The van der Waals surface area contributed by atoms with Crippen molar-refractivity contribution in [3.8, 4) is 23.0 Å². The molecule has 0 aliphatic carbocycles. The van der Waals surface area contributed by atoms with Crippen LogP contribution in [0.1, 0.15) is 36.6 Å². The molecule has 3 rings (SSSR count). The molecule has 0 N–H and O–H groups in total. The molecule has 1 atom stereocenters. The molecule has 2 aromatic rings. The maximum atomic E-state index is 5.87. The van der Waals surface area contributed by atoms with Crippen LogP contribution < -0.4 is 18.9 Å². The summed E-state index contributed by atoms with van der Waals surface area (Å²) in [7, 11) is 6.64. The summed E-state index contributed by atoms with van der Waals surface area (Å²) in [4.78, 5) is 2.39. The molecule has 1 aliphatic rings. The van der Waals surface area contributed by atoms with E-state index in [1.165, 1.54) is 11.1 Å². The van der Waals surface area contributed by atoms with E-state index in [1.807, 2.05) is 19.9 Å². The van der Waals surface area contributed by atoms with Gasteiger partial charge in [-0.15, -0.1) is 0 Å². The van der Waals surface area contributed by atoms with Gasteiger partial charge in [0.15, 0.2) is 29.3 Å². The van der Waals surface area contributed by atoms with E-state index in [4.69, 9.17) is 28.4 Å². The molecule has 2 aromatic carbocycles. The zero-order valence-corrected chi connectivity index (χ0v) is 20.0. The number of rotatable bonds is 11. The van der Waals surface area contributed by atoms with Gasteiger partial charge in [-0.2, -0.15) is 0 Å². The van der Waals surface area contributed by atoms with Gasteiger partial charge in [0.25, 0.3) is 0 Å². The monoisotopic (exact) mass is 445 g/mol. The summed E-state index contributed by atoms with van der Waals surface area (Å²) in [6.45, 7) is 6.56. The summed E-state index contributed by atoms with van der Waals surface area (Å²) >= 11 is 0. The Morgan fingerprint density at radius 2 is 1.34 bits per heavy atom. The van der Waals surface area contributed by atoms with E-state index in [1.54, 1.807) is 28.4 Å². The summed E-state index contributed by atoms with van der Waals surface area (Å²) < 4.78 is 33.8. The average Bonchev–Trinajstić information content (AvgIpc) is 2.82. The molecule has 0 aromatic heterocycles. The fourth-order valence-electron chi connectivity index (χ4n) is 4.26. The molecule has 0 spiro atoms. The largest absolute Gasteiger partial charge is 0.493 e. The molecular formula is C25H35NO6. The molecule has 0 bridgehead atoms. The van der Waals surface area contributed by atoms with Gasteiger partial charge >= 0.3 is 0 Å². The summed E-state index contributed by atoms with van der Waals surface area (Å²) in [5.41, 5.74) is 3.60. The Morgan fingerprint density at radius 3 is 1.91 bits per heavy atom. The van der Waals surface area contributed by atoms with Crippen LogP contribution in [0.4, 0.5) is 0 Å². The quantitative estimate of drug-likeness (QED) is 0.480. The van der Waals surface area contributed by atoms with Crippen LogP contribution >= 0.6 is 0 Å². The van der Waals surface area contributed by atoms with Crippen LogP contribution in [0.5, 0.6) is 23.0 Å². The zero-order valence-electron chi connectivity index (χ0n) is 20.0. The fraction of sp³-hybridized carbons (Fsp3) is 0.520. The van der Waals surface area contributed by atoms with Crippen LogP contribution in [0.25, 0.3) is 0 Å². The molecule has 7 nitrogen and oxygen atoms in total. The van der Waals surface area contributed by atoms with Crippen molar-refractivity contribution in [2.75, 3.05) is 48.2 Å². The number of fused-ring (bicyclic) bond motifs is 1. The topological polar surface area (TPSA) is 58.6 Å². The predicted molar refractivity (Wildman–Crippen MR) is 123 cm³/mol. The van der Waals surface area contributed by atoms with Crippen LogP contribution in [0.15, 0.2) is 30.3 Å². The van der Waals surface area contributed by atoms with Crippen molar-refractivity contribution in [3.63, 3.8) is 0 Å². The van der Waals surface area contributed by atoms with Crippen LogP contribution in [0.2, 0.25) is 0 Å². The minimum absolute atomic E-state index is 0.115. The Morgan fingerprint density at radius 1 is 0.781 bits per heavy atom. The van der Waals surface area contributed by atoms with Crippen molar-refractivity contribution in [1.29, 1.82) is 0 Å². The summed E-state index contributed by atoms with van der Waals surface area (Å²) in [5, 5.41) is 0. The lowest BCUT2D eigenvalue weighted by Crippen LogP contribution is -2.41. The summed E-state index contributed by atoms with van der Waals surface area (Å²) in [5.74, 6) is 2.91. The van der Waals surface area contributed by atoms with Crippen LogP contribution in [-0.2, 0) is 22.4 Å². The Bertz CT molecular complexity index is 881. The van der Waals surface area contributed by atoms with Crippen molar-refractivity contribution >= 4 is 0 Å². The van der Waals surface area contributed by atoms with Crippen molar-refractivity contribution in [2.45, 2.75) is 39.1 Å². The third-order valence-electron chi connectivity index (χ3n) is 5.81. The first-order chi connectivity index (χ1) is 15.6. The van der Waals surface area contributed by atoms with Crippen molar-refractivity contribution in [3.05, 3.63) is 47.0 Å². The van der Waals surface area contributed by atoms with Gasteiger partial charge in [-0.1, -0.05) is 6.07 Å². The van der Waals surface area contributed by atoms with Gasteiger partial charge in [-0.05, 0) is 61.2 Å². The minimum atomic E-state index is -0.297. The Kier molecular flexibility index (Phi) is 8.61. The first kappa shape index (κ1) is 24.2. The van der Waals surface area contributed by atoms with Gasteiger partial charge < -0.3 is 28.4 Å². The molecular weight excluding hydrogens is 410 g/mol. The molecule has 1 aliphatic heterocycles. The lowest BCUT2D eigenvalue weighted by atomic mass is 9.89. The molecule has 0 amide bonds. The van der Waals surface area contributed by atoms with Crippen LogP contribution in [0, 0.1) is 0 Å². The smallest absolute Gasteiger partial charge is 0.170 e. The van der Waals surface area contributed by atoms with Gasteiger partial charge in [0.2, 0.25) is 0 Å². The van der Waals surface area contributed by atoms with Gasteiger partial charge in [0.1, 0.15) is 0 Å². The van der Waals surface area contributed by atoms with Gasteiger partial charge in [0.05, 0.1) is 35.0 Å². The van der Waals surface area contributed by atoms with Crippen molar-refractivity contribution in [1.82, 2.24) is 4.90 Å². The van der Waals surface area contributed by atoms with E-state index in [0.717, 1.165) is 30.0 Å². The molecule has 1 unspecified atom stereocenters. The van der Waals surface area contributed by atoms with E-state index < -0.39 is 0 Å².